The molecule has 7 nitrogen and oxygen atoms in total. The van der Waals surface area contributed by atoms with E-state index in [1.165, 1.54) is 0 Å². The Hall–Kier alpha value is -4.41. The lowest BCUT2D eigenvalue weighted by molar-refractivity contribution is -0.135. The number of rotatable bonds is 4. The molecule has 2 N–H and O–H groups in total. The number of para-hydroxylation sites is 1. The van der Waals surface area contributed by atoms with Gasteiger partial charge in [-0.05, 0) is 60.9 Å². The zero-order valence-electron chi connectivity index (χ0n) is 19.6. The molecule has 5 aromatic rings. The summed E-state index contributed by atoms with van der Waals surface area (Å²) >= 11 is 0. The van der Waals surface area contributed by atoms with E-state index in [0.717, 1.165) is 33.1 Å². The first-order valence-electron chi connectivity index (χ1n) is 12.0. The molecule has 1 aliphatic heterocycles. The Morgan fingerprint density at radius 1 is 1.06 bits per heavy atom. The second-order valence-electron chi connectivity index (χ2n) is 9.35. The van der Waals surface area contributed by atoms with Crippen LogP contribution in [0, 0.1) is 11.3 Å². The number of amides is 1. The molecular weight excluding hydrogens is 452 g/mol. The van der Waals surface area contributed by atoms with Crippen LogP contribution in [0.1, 0.15) is 29.7 Å². The van der Waals surface area contributed by atoms with E-state index in [4.69, 9.17) is 9.68 Å². The molecule has 2 aromatic heterocycles. The molecule has 0 saturated carbocycles. The fourth-order valence-corrected chi connectivity index (χ4v) is 4.97. The van der Waals surface area contributed by atoms with Crippen LogP contribution in [0.25, 0.3) is 33.3 Å². The van der Waals surface area contributed by atoms with Crippen LogP contribution in [-0.4, -0.2) is 39.0 Å². The lowest BCUT2D eigenvalue weighted by atomic mass is 9.88. The topological polar surface area (TPSA) is 106 Å². The molecule has 6 rings (SSSR count). The molecule has 0 spiro atoms. The standard InChI is InChI=1S/C29H24N4O3/c30-17-19-5-8-21(9-6-19)28-31-18-26(32-28)29(35)11-13-33(14-12-29)27(34)16-20-7-10-25-23(15-20)22-3-1-2-4-24(22)36-25/h1-10,15,18,35H,11-14,16H2,(H,31,32). The molecule has 0 bridgehead atoms. The molecule has 36 heavy (non-hydrogen) atoms. The molecule has 0 unspecified atom stereocenters. The minimum Gasteiger partial charge on any atom is -0.456 e. The van der Waals surface area contributed by atoms with Gasteiger partial charge in [0.2, 0.25) is 5.91 Å². The van der Waals surface area contributed by atoms with Crippen molar-refractivity contribution >= 4 is 27.8 Å². The van der Waals surface area contributed by atoms with Crippen LogP contribution in [0.5, 0.6) is 0 Å². The monoisotopic (exact) mass is 476 g/mol. The number of nitrogens with one attached hydrogen (secondary N) is 1. The number of H-pyrrole nitrogens is 1. The summed E-state index contributed by atoms with van der Waals surface area (Å²) in [6.07, 6.45) is 2.83. The van der Waals surface area contributed by atoms with Gasteiger partial charge in [0.25, 0.3) is 0 Å². The Kier molecular flexibility index (Phi) is 5.32. The van der Waals surface area contributed by atoms with Crippen LogP contribution >= 0.6 is 0 Å². The maximum Gasteiger partial charge on any atom is 0.226 e. The Balaban J connectivity index is 1.13. The summed E-state index contributed by atoms with van der Waals surface area (Å²) in [5.41, 5.74) is 3.61. The van der Waals surface area contributed by atoms with Crippen molar-refractivity contribution in [1.29, 1.82) is 5.26 Å². The molecule has 3 aromatic carbocycles. The number of hydrogen-bond donors (Lipinski definition) is 2. The third kappa shape index (κ3) is 3.92. The number of aromatic nitrogens is 2. The zero-order chi connectivity index (χ0) is 24.7. The number of piperidine rings is 1. The van der Waals surface area contributed by atoms with Crippen molar-refractivity contribution < 1.29 is 14.3 Å². The lowest BCUT2D eigenvalue weighted by Gasteiger charge is -2.37. The summed E-state index contributed by atoms with van der Waals surface area (Å²) in [4.78, 5) is 22.6. The molecule has 1 amide bonds. The number of aliphatic hydroxyl groups is 1. The van der Waals surface area contributed by atoms with Gasteiger partial charge in [-0.3, -0.25) is 4.79 Å². The normalized spacial score (nSPS) is 15.3. The molecule has 0 atom stereocenters. The average molecular weight is 477 g/mol. The number of aromatic amines is 1. The molecule has 7 heteroatoms. The molecule has 3 heterocycles. The van der Waals surface area contributed by atoms with Gasteiger partial charge in [0, 0.05) is 29.4 Å². The van der Waals surface area contributed by atoms with E-state index < -0.39 is 5.60 Å². The van der Waals surface area contributed by atoms with E-state index in [-0.39, 0.29) is 5.91 Å². The summed E-state index contributed by atoms with van der Waals surface area (Å²) < 4.78 is 5.89. The maximum atomic E-state index is 13.1. The Labute approximate surface area is 207 Å². The minimum atomic E-state index is -1.07. The van der Waals surface area contributed by atoms with E-state index in [0.29, 0.717) is 49.4 Å². The third-order valence-electron chi connectivity index (χ3n) is 7.10. The van der Waals surface area contributed by atoms with Crippen molar-refractivity contribution in [3.8, 4) is 17.5 Å². The van der Waals surface area contributed by atoms with Crippen LogP contribution in [0.15, 0.2) is 77.3 Å². The van der Waals surface area contributed by atoms with Crippen LogP contribution in [0.4, 0.5) is 0 Å². The smallest absolute Gasteiger partial charge is 0.226 e. The van der Waals surface area contributed by atoms with Gasteiger partial charge >= 0.3 is 0 Å². The summed E-state index contributed by atoms with van der Waals surface area (Å²) in [6.45, 7) is 0.939. The van der Waals surface area contributed by atoms with Crippen LogP contribution < -0.4 is 0 Å². The second kappa shape index (κ2) is 8.67. The number of carbonyl (C=O) groups excluding carboxylic acids is 1. The van der Waals surface area contributed by atoms with Gasteiger partial charge in [-0.25, -0.2) is 4.98 Å². The second-order valence-corrected chi connectivity index (χ2v) is 9.35. The number of fused-ring (bicyclic) bond motifs is 3. The van der Waals surface area contributed by atoms with Gasteiger partial charge in [0.15, 0.2) is 0 Å². The number of imidazole rings is 1. The number of nitriles is 1. The first kappa shape index (κ1) is 22.1. The van der Waals surface area contributed by atoms with E-state index in [1.54, 1.807) is 18.3 Å². The summed E-state index contributed by atoms with van der Waals surface area (Å²) in [6, 6.07) is 23.1. The van der Waals surface area contributed by atoms with E-state index >= 15 is 0 Å². The van der Waals surface area contributed by atoms with E-state index in [1.807, 2.05) is 59.5 Å². The Bertz CT molecular complexity index is 1620. The molecule has 1 saturated heterocycles. The van der Waals surface area contributed by atoms with Gasteiger partial charge in [-0.15, -0.1) is 0 Å². The van der Waals surface area contributed by atoms with E-state index in [2.05, 4.69) is 16.0 Å². The highest BCUT2D eigenvalue weighted by atomic mass is 16.3. The average Bonchev–Trinajstić information content (AvgIpc) is 3.55. The fraction of sp³-hybridized carbons (Fsp3) is 0.207. The number of hydrogen-bond acceptors (Lipinski definition) is 5. The van der Waals surface area contributed by atoms with Crippen LogP contribution in [-0.2, 0) is 16.8 Å². The van der Waals surface area contributed by atoms with Gasteiger partial charge < -0.3 is 19.4 Å². The number of furan rings is 1. The molecule has 0 aliphatic carbocycles. The highest BCUT2D eigenvalue weighted by molar-refractivity contribution is 6.05. The highest BCUT2D eigenvalue weighted by Crippen LogP contribution is 2.34. The van der Waals surface area contributed by atoms with Crippen LogP contribution in [0.3, 0.4) is 0 Å². The lowest BCUT2D eigenvalue weighted by Crippen LogP contribution is -2.45. The fourth-order valence-electron chi connectivity index (χ4n) is 4.97. The number of carbonyl (C=O) groups is 1. The van der Waals surface area contributed by atoms with Gasteiger partial charge in [-0.2, -0.15) is 5.26 Å². The zero-order valence-corrected chi connectivity index (χ0v) is 19.6. The number of likely N-dealkylation sites (tertiary alicyclic amines) is 1. The predicted molar refractivity (Wildman–Crippen MR) is 136 cm³/mol. The van der Waals surface area contributed by atoms with Crippen molar-refractivity contribution in [1.82, 2.24) is 14.9 Å². The van der Waals surface area contributed by atoms with Crippen molar-refractivity contribution in [2.45, 2.75) is 24.9 Å². The maximum absolute atomic E-state index is 13.1. The van der Waals surface area contributed by atoms with Crippen LogP contribution in [0.2, 0.25) is 0 Å². The molecule has 1 aliphatic rings. The molecule has 0 radical (unpaired) electrons. The predicted octanol–water partition coefficient (Wildman–Crippen LogP) is 4.90. The van der Waals surface area contributed by atoms with Gasteiger partial charge in [-0.1, -0.05) is 24.3 Å². The molecular formula is C29H24N4O3. The largest absolute Gasteiger partial charge is 0.456 e. The first-order chi connectivity index (χ1) is 17.5. The Morgan fingerprint density at radius 3 is 2.58 bits per heavy atom. The highest BCUT2D eigenvalue weighted by Gasteiger charge is 2.37. The van der Waals surface area contributed by atoms with Crippen molar-refractivity contribution in [3.05, 3.63) is 89.7 Å². The van der Waals surface area contributed by atoms with Gasteiger partial charge in [0.05, 0.1) is 29.9 Å². The number of benzene rings is 3. The SMILES string of the molecule is N#Cc1ccc(-c2ncc(C3(O)CCN(C(=O)Cc4ccc5oc6ccccc6c5c4)CC3)[nH]2)cc1. The molecule has 178 valence electrons. The summed E-state index contributed by atoms with van der Waals surface area (Å²) in [5.74, 6) is 0.690. The first-order valence-corrected chi connectivity index (χ1v) is 12.0. The number of nitrogens with zero attached hydrogens (tertiary/aromatic N) is 3. The van der Waals surface area contributed by atoms with Crippen molar-refractivity contribution in [2.75, 3.05) is 13.1 Å². The summed E-state index contributed by atoms with van der Waals surface area (Å²) in [5, 5.41) is 22.4. The summed E-state index contributed by atoms with van der Waals surface area (Å²) in [7, 11) is 0. The van der Waals surface area contributed by atoms with Crippen molar-refractivity contribution in [2.24, 2.45) is 0 Å². The molecule has 1 fully saturated rings. The minimum absolute atomic E-state index is 0.0482. The van der Waals surface area contributed by atoms with Crippen molar-refractivity contribution in [3.63, 3.8) is 0 Å². The third-order valence-corrected chi connectivity index (χ3v) is 7.10. The van der Waals surface area contributed by atoms with E-state index in [9.17, 15) is 9.90 Å². The van der Waals surface area contributed by atoms with Gasteiger partial charge in [0.1, 0.15) is 22.6 Å². The Morgan fingerprint density at radius 2 is 1.81 bits per heavy atom. The quantitative estimate of drug-likeness (QED) is 0.384.